The molecule has 1 amide bonds. The van der Waals surface area contributed by atoms with Crippen LogP contribution >= 0.6 is 0 Å². The quantitative estimate of drug-likeness (QED) is 0.851. The second-order valence-electron chi connectivity index (χ2n) is 7.83. The Labute approximate surface area is 160 Å². The van der Waals surface area contributed by atoms with E-state index in [2.05, 4.69) is 20.7 Å². The fourth-order valence-corrected chi connectivity index (χ4v) is 4.24. The topological polar surface area (TPSA) is 71.8 Å². The summed E-state index contributed by atoms with van der Waals surface area (Å²) in [5.74, 6) is -0.0322. The zero-order chi connectivity index (χ0) is 18.5. The molecule has 1 heterocycles. The van der Waals surface area contributed by atoms with Gasteiger partial charge >= 0.3 is 0 Å². The van der Waals surface area contributed by atoms with Crippen molar-refractivity contribution >= 4 is 5.91 Å². The number of hydrogen-bond acceptors (Lipinski definition) is 4. The van der Waals surface area contributed by atoms with E-state index in [1.54, 1.807) is 11.0 Å². The summed E-state index contributed by atoms with van der Waals surface area (Å²) in [4.78, 5) is 16.9. The lowest BCUT2D eigenvalue weighted by atomic mass is 9.84. The van der Waals surface area contributed by atoms with Crippen molar-refractivity contribution in [2.75, 3.05) is 0 Å². The molecule has 0 bridgehead atoms. The lowest BCUT2D eigenvalue weighted by Crippen LogP contribution is -2.59. The van der Waals surface area contributed by atoms with E-state index in [1.165, 1.54) is 51.3 Å². The molecule has 2 saturated carbocycles. The number of benzene rings is 1. The van der Waals surface area contributed by atoms with E-state index in [0.717, 1.165) is 18.5 Å². The highest BCUT2D eigenvalue weighted by Crippen LogP contribution is 2.25. The zero-order valence-electron chi connectivity index (χ0n) is 15.8. The number of nitrogens with one attached hydrogen (secondary N) is 2. The first-order valence-electron chi connectivity index (χ1n) is 10.3. The van der Waals surface area contributed by atoms with E-state index in [1.807, 2.05) is 24.3 Å². The summed E-state index contributed by atoms with van der Waals surface area (Å²) in [7, 11) is 0. The molecule has 0 spiro atoms. The molecule has 0 aliphatic heterocycles. The summed E-state index contributed by atoms with van der Waals surface area (Å²) in [6.45, 7) is 0. The summed E-state index contributed by atoms with van der Waals surface area (Å²) in [6, 6.07) is 8.77. The van der Waals surface area contributed by atoms with Gasteiger partial charge in [0, 0.05) is 18.1 Å². The maximum absolute atomic E-state index is 12.9. The highest BCUT2D eigenvalue weighted by Gasteiger charge is 2.34. The average Bonchev–Trinajstić information content (AvgIpc) is 3.19. The Morgan fingerprint density at radius 2 is 1.70 bits per heavy atom. The largest absolute Gasteiger partial charge is 0.348 e. The molecule has 2 fully saturated rings. The third-order valence-corrected chi connectivity index (χ3v) is 5.96. The molecule has 6 heteroatoms. The van der Waals surface area contributed by atoms with Gasteiger partial charge in [0.2, 0.25) is 0 Å². The van der Waals surface area contributed by atoms with E-state index in [9.17, 15) is 4.79 Å². The van der Waals surface area contributed by atoms with Gasteiger partial charge in [0.25, 0.3) is 5.91 Å². The van der Waals surface area contributed by atoms with Crippen LogP contribution in [0.5, 0.6) is 0 Å². The summed E-state index contributed by atoms with van der Waals surface area (Å²) in [5, 5.41) is 11.2. The predicted octanol–water partition coefficient (Wildman–Crippen LogP) is 3.23. The van der Waals surface area contributed by atoms with Crippen LogP contribution in [0.15, 0.2) is 36.9 Å². The molecule has 6 nitrogen and oxygen atoms in total. The predicted molar refractivity (Wildman–Crippen MR) is 105 cm³/mol. The Balaban J connectivity index is 1.37. The van der Waals surface area contributed by atoms with Crippen LogP contribution in [-0.4, -0.2) is 38.8 Å². The van der Waals surface area contributed by atoms with Gasteiger partial charge in [-0.25, -0.2) is 9.67 Å². The van der Waals surface area contributed by atoms with Crippen LogP contribution in [0.25, 0.3) is 5.69 Å². The SMILES string of the molecule is O=C(N[C@H]1CC[C@H]1NC1CCCCCCC1)c1ccccc1-n1cncn1. The van der Waals surface area contributed by atoms with Crippen LogP contribution in [0.3, 0.4) is 0 Å². The Kier molecular flexibility index (Phi) is 5.82. The highest BCUT2D eigenvalue weighted by atomic mass is 16.1. The molecular weight excluding hydrogens is 338 g/mol. The maximum atomic E-state index is 12.9. The van der Waals surface area contributed by atoms with Gasteiger partial charge in [-0.05, 0) is 37.8 Å². The molecule has 0 saturated heterocycles. The molecular formula is C21H29N5O. The number of amides is 1. The van der Waals surface area contributed by atoms with Crippen molar-refractivity contribution in [3.63, 3.8) is 0 Å². The average molecular weight is 367 g/mol. The number of para-hydroxylation sites is 1. The van der Waals surface area contributed by atoms with Crippen LogP contribution in [0.4, 0.5) is 0 Å². The molecule has 1 aromatic heterocycles. The van der Waals surface area contributed by atoms with Crippen molar-refractivity contribution in [2.24, 2.45) is 0 Å². The third kappa shape index (κ3) is 4.38. The summed E-state index contributed by atoms with van der Waals surface area (Å²) in [5.41, 5.74) is 1.40. The Morgan fingerprint density at radius 3 is 2.41 bits per heavy atom. The molecule has 2 aliphatic rings. The van der Waals surface area contributed by atoms with Gasteiger partial charge in [-0.3, -0.25) is 4.79 Å². The van der Waals surface area contributed by atoms with E-state index in [-0.39, 0.29) is 11.9 Å². The van der Waals surface area contributed by atoms with Crippen LogP contribution < -0.4 is 10.6 Å². The lowest BCUT2D eigenvalue weighted by molar-refractivity contribution is 0.0886. The molecule has 2 aromatic rings. The molecule has 1 aromatic carbocycles. The van der Waals surface area contributed by atoms with E-state index < -0.39 is 0 Å². The van der Waals surface area contributed by atoms with Gasteiger partial charge in [-0.2, -0.15) is 5.10 Å². The van der Waals surface area contributed by atoms with E-state index >= 15 is 0 Å². The number of carbonyl (C=O) groups is 1. The van der Waals surface area contributed by atoms with Gasteiger partial charge in [0.15, 0.2) is 0 Å². The first-order chi connectivity index (χ1) is 13.3. The van der Waals surface area contributed by atoms with Crippen molar-refractivity contribution < 1.29 is 4.79 Å². The van der Waals surface area contributed by atoms with Crippen LogP contribution in [0.1, 0.15) is 68.1 Å². The van der Waals surface area contributed by atoms with E-state index in [4.69, 9.17) is 0 Å². The minimum atomic E-state index is -0.0322. The smallest absolute Gasteiger partial charge is 0.253 e. The maximum Gasteiger partial charge on any atom is 0.253 e. The zero-order valence-corrected chi connectivity index (χ0v) is 15.8. The Hall–Kier alpha value is -2.21. The van der Waals surface area contributed by atoms with Crippen molar-refractivity contribution in [1.29, 1.82) is 0 Å². The first-order valence-corrected chi connectivity index (χ1v) is 10.3. The number of aromatic nitrogens is 3. The summed E-state index contributed by atoms with van der Waals surface area (Å²) >= 11 is 0. The molecule has 2 atom stereocenters. The summed E-state index contributed by atoms with van der Waals surface area (Å²) in [6.07, 6.45) is 14.6. The second-order valence-corrected chi connectivity index (χ2v) is 7.83. The van der Waals surface area contributed by atoms with Crippen molar-refractivity contribution in [1.82, 2.24) is 25.4 Å². The van der Waals surface area contributed by atoms with Gasteiger partial charge in [0.05, 0.1) is 11.3 Å². The van der Waals surface area contributed by atoms with Crippen LogP contribution in [-0.2, 0) is 0 Å². The third-order valence-electron chi connectivity index (χ3n) is 5.96. The minimum absolute atomic E-state index is 0.0322. The molecule has 4 rings (SSSR count). The van der Waals surface area contributed by atoms with Crippen LogP contribution in [0, 0.1) is 0 Å². The number of nitrogens with zero attached hydrogens (tertiary/aromatic N) is 3. The highest BCUT2D eigenvalue weighted by molar-refractivity contribution is 5.98. The first kappa shape index (κ1) is 18.2. The van der Waals surface area contributed by atoms with Crippen molar-refractivity contribution in [2.45, 2.75) is 75.9 Å². The Morgan fingerprint density at radius 1 is 0.963 bits per heavy atom. The monoisotopic (exact) mass is 367 g/mol. The Bertz CT molecular complexity index is 737. The number of carbonyl (C=O) groups excluding carboxylic acids is 1. The lowest BCUT2D eigenvalue weighted by Gasteiger charge is -2.40. The van der Waals surface area contributed by atoms with Crippen molar-refractivity contribution in [3.05, 3.63) is 42.5 Å². The fourth-order valence-electron chi connectivity index (χ4n) is 4.24. The number of rotatable bonds is 5. The fraction of sp³-hybridized carbons (Fsp3) is 0.571. The molecule has 0 radical (unpaired) electrons. The van der Waals surface area contributed by atoms with Crippen molar-refractivity contribution in [3.8, 4) is 5.69 Å². The van der Waals surface area contributed by atoms with Gasteiger partial charge in [-0.15, -0.1) is 0 Å². The number of hydrogen-bond donors (Lipinski definition) is 2. The second kappa shape index (κ2) is 8.65. The van der Waals surface area contributed by atoms with E-state index in [0.29, 0.717) is 17.6 Å². The van der Waals surface area contributed by atoms with Gasteiger partial charge < -0.3 is 10.6 Å². The molecule has 0 unspecified atom stereocenters. The molecule has 2 aliphatic carbocycles. The van der Waals surface area contributed by atoms with Crippen LogP contribution in [0.2, 0.25) is 0 Å². The standard InChI is InChI=1S/C21H29N5O/c27-21(17-10-6-7-11-20(17)26-15-22-14-23-26)25-19-13-12-18(19)24-16-8-4-2-1-3-5-9-16/h6-7,10-11,14-16,18-19,24H,1-5,8-9,12-13H2,(H,25,27)/t18-,19+/m1/s1. The minimum Gasteiger partial charge on any atom is -0.348 e. The van der Waals surface area contributed by atoms with Gasteiger partial charge in [0.1, 0.15) is 12.7 Å². The molecule has 2 N–H and O–H groups in total. The normalized spacial score (nSPS) is 23.9. The molecule has 27 heavy (non-hydrogen) atoms. The molecule has 144 valence electrons. The van der Waals surface area contributed by atoms with Gasteiger partial charge in [-0.1, -0.05) is 44.2 Å². The summed E-state index contributed by atoms with van der Waals surface area (Å²) < 4.78 is 1.64.